The largest absolute Gasteiger partial charge is 0.267 e. The lowest BCUT2D eigenvalue weighted by molar-refractivity contribution is 0.600. The third kappa shape index (κ3) is 4.32. The molecule has 4 nitrogen and oxygen atoms in total. The molecule has 0 unspecified atom stereocenters. The number of benzene rings is 1. The van der Waals surface area contributed by atoms with E-state index in [9.17, 15) is 8.42 Å². The van der Waals surface area contributed by atoms with Crippen molar-refractivity contribution in [1.82, 2.24) is 4.98 Å². The van der Waals surface area contributed by atoms with E-state index in [0.717, 1.165) is 3.57 Å². The lowest BCUT2D eigenvalue weighted by Crippen LogP contribution is -2.16. The molecule has 0 bridgehead atoms. The van der Waals surface area contributed by atoms with Gasteiger partial charge in [-0.25, -0.2) is 13.4 Å². The van der Waals surface area contributed by atoms with E-state index in [4.69, 9.17) is 11.6 Å². The minimum atomic E-state index is -3.52. The van der Waals surface area contributed by atoms with Crippen molar-refractivity contribution < 1.29 is 8.42 Å². The molecule has 19 heavy (non-hydrogen) atoms. The first kappa shape index (κ1) is 14.5. The topological polar surface area (TPSA) is 59.1 Å². The van der Waals surface area contributed by atoms with Crippen molar-refractivity contribution in [3.63, 3.8) is 0 Å². The predicted octanol–water partition coefficient (Wildman–Crippen LogP) is 3.28. The summed E-state index contributed by atoms with van der Waals surface area (Å²) in [5, 5.41) is 0.434. The van der Waals surface area contributed by atoms with E-state index in [1.807, 2.05) is 0 Å². The SMILES string of the molecule is O=S(=O)(Cc1ccccc1Cl)Nc1ccc(I)cn1. The van der Waals surface area contributed by atoms with Gasteiger partial charge < -0.3 is 0 Å². The van der Waals surface area contributed by atoms with Crippen LogP contribution in [0.5, 0.6) is 0 Å². The van der Waals surface area contributed by atoms with Crippen LogP contribution in [0.15, 0.2) is 42.6 Å². The van der Waals surface area contributed by atoms with E-state index in [2.05, 4.69) is 32.3 Å². The highest BCUT2D eigenvalue weighted by atomic mass is 127. The quantitative estimate of drug-likeness (QED) is 0.790. The average Bonchev–Trinajstić information content (AvgIpc) is 2.35. The molecule has 0 fully saturated rings. The van der Waals surface area contributed by atoms with Crippen molar-refractivity contribution in [3.05, 3.63) is 56.8 Å². The summed E-state index contributed by atoms with van der Waals surface area (Å²) in [5.41, 5.74) is 0.558. The molecule has 0 amide bonds. The summed E-state index contributed by atoms with van der Waals surface area (Å²) < 4.78 is 27.3. The van der Waals surface area contributed by atoms with Crippen molar-refractivity contribution in [2.24, 2.45) is 0 Å². The average molecular weight is 409 g/mol. The first-order chi connectivity index (χ1) is 8.96. The fourth-order valence-corrected chi connectivity index (χ4v) is 3.23. The molecule has 2 aromatic rings. The normalized spacial score (nSPS) is 11.3. The number of pyridine rings is 1. The van der Waals surface area contributed by atoms with Crippen LogP contribution in [0, 0.1) is 3.57 Å². The van der Waals surface area contributed by atoms with Gasteiger partial charge in [0.25, 0.3) is 0 Å². The first-order valence-electron chi connectivity index (χ1n) is 5.32. The van der Waals surface area contributed by atoms with Crippen LogP contribution in [0.4, 0.5) is 5.82 Å². The van der Waals surface area contributed by atoms with Gasteiger partial charge in [0.2, 0.25) is 10.0 Å². The molecule has 0 aliphatic rings. The van der Waals surface area contributed by atoms with Crippen LogP contribution in [0.25, 0.3) is 0 Å². The van der Waals surface area contributed by atoms with E-state index in [0.29, 0.717) is 16.4 Å². The number of sulfonamides is 1. The summed E-state index contributed by atoms with van der Waals surface area (Å²) in [4.78, 5) is 4.00. The summed E-state index contributed by atoms with van der Waals surface area (Å²) >= 11 is 8.04. The summed E-state index contributed by atoms with van der Waals surface area (Å²) in [6.07, 6.45) is 1.59. The molecule has 100 valence electrons. The Bertz CT molecular complexity index is 674. The van der Waals surface area contributed by atoms with Gasteiger partial charge in [-0.2, -0.15) is 0 Å². The first-order valence-corrected chi connectivity index (χ1v) is 8.43. The van der Waals surface area contributed by atoms with E-state index < -0.39 is 10.0 Å². The zero-order valence-corrected chi connectivity index (χ0v) is 13.4. The number of halogens is 2. The lowest BCUT2D eigenvalue weighted by atomic mass is 10.2. The summed E-state index contributed by atoms with van der Waals surface area (Å²) in [6, 6.07) is 10.2. The molecule has 1 aromatic heterocycles. The number of aromatic nitrogens is 1. The van der Waals surface area contributed by atoms with Crippen LogP contribution >= 0.6 is 34.2 Å². The van der Waals surface area contributed by atoms with Gasteiger partial charge in [0.1, 0.15) is 5.82 Å². The Balaban J connectivity index is 2.15. The molecule has 0 spiro atoms. The number of anilines is 1. The summed E-state index contributed by atoms with van der Waals surface area (Å²) in [6.45, 7) is 0. The summed E-state index contributed by atoms with van der Waals surface area (Å²) in [7, 11) is -3.52. The van der Waals surface area contributed by atoms with Gasteiger partial charge in [-0.3, -0.25) is 4.72 Å². The molecule has 1 aromatic carbocycles. The highest BCUT2D eigenvalue weighted by molar-refractivity contribution is 14.1. The molecule has 0 radical (unpaired) electrons. The number of rotatable bonds is 4. The Morgan fingerprint density at radius 1 is 1.21 bits per heavy atom. The number of hydrogen-bond acceptors (Lipinski definition) is 3. The standard InChI is InChI=1S/C12H10ClIN2O2S/c13-11-4-2-1-3-9(11)8-19(17,18)16-12-6-5-10(14)7-15-12/h1-7H,8H2,(H,15,16). The Morgan fingerprint density at radius 2 is 1.95 bits per heavy atom. The van der Waals surface area contributed by atoms with Crippen molar-refractivity contribution in [2.45, 2.75) is 5.75 Å². The highest BCUT2D eigenvalue weighted by Crippen LogP contribution is 2.18. The molecule has 0 atom stereocenters. The Kier molecular flexibility index (Phi) is 4.64. The number of nitrogens with one attached hydrogen (secondary N) is 1. The van der Waals surface area contributed by atoms with Crippen LogP contribution < -0.4 is 4.72 Å². The second-order valence-electron chi connectivity index (χ2n) is 3.81. The fourth-order valence-electron chi connectivity index (χ4n) is 1.45. The minimum absolute atomic E-state index is 0.180. The van der Waals surface area contributed by atoms with Gasteiger partial charge in [0.15, 0.2) is 0 Å². The van der Waals surface area contributed by atoms with Crippen molar-refractivity contribution in [2.75, 3.05) is 4.72 Å². The Labute approximate surface area is 130 Å². The molecule has 0 saturated carbocycles. The van der Waals surface area contributed by atoms with Crippen LogP contribution in [-0.4, -0.2) is 13.4 Å². The van der Waals surface area contributed by atoms with E-state index in [-0.39, 0.29) is 5.75 Å². The van der Waals surface area contributed by atoms with E-state index >= 15 is 0 Å². The van der Waals surface area contributed by atoms with Crippen molar-refractivity contribution in [1.29, 1.82) is 0 Å². The van der Waals surface area contributed by atoms with Crippen LogP contribution in [0.2, 0.25) is 5.02 Å². The summed E-state index contributed by atoms with van der Waals surface area (Å²) in [5.74, 6) is 0.118. The highest BCUT2D eigenvalue weighted by Gasteiger charge is 2.14. The van der Waals surface area contributed by atoms with Crippen LogP contribution in [0.1, 0.15) is 5.56 Å². The monoisotopic (exact) mass is 408 g/mol. The van der Waals surface area contributed by atoms with Gasteiger partial charge >= 0.3 is 0 Å². The van der Waals surface area contributed by atoms with Gasteiger partial charge in [0.05, 0.1) is 5.75 Å². The van der Waals surface area contributed by atoms with E-state index in [1.54, 1.807) is 42.6 Å². The molecule has 2 rings (SSSR count). The molecule has 1 N–H and O–H groups in total. The maximum atomic E-state index is 12.0. The fraction of sp³-hybridized carbons (Fsp3) is 0.0833. The number of hydrogen-bond donors (Lipinski definition) is 1. The smallest absolute Gasteiger partial charge is 0.238 e. The van der Waals surface area contributed by atoms with E-state index in [1.165, 1.54) is 0 Å². The van der Waals surface area contributed by atoms with Gasteiger partial charge in [-0.1, -0.05) is 29.8 Å². The van der Waals surface area contributed by atoms with Crippen LogP contribution in [0.3, 0.4) is 0 Å². The minimum Gasteiger partial charge on any atom is -0.267 e. The van der Waals surface area contributed by atoms with Gasteiger partial charge in [-0.05, 0) is 46.4 Å². The maximum absolute atomic E-state index is 12.0. The Hall–Kier alpha value is -0.860. The predicted molar refractivity (Wildman–Crippen MR) is 84.7 cm³/mol. The zero-order valence-electron chi connectivity index (χ0n) is 9.68. The van der Waals surface area contributed by atoms with Crippen molar-refractivity contribution in [3.8, 4) is 0 Å². The number of nitrogens with zero attached hydrogens (tertiary/aromatic N) is 1. The molecule has 0 aliphatic heterocycles. The lowest BCUT2D eigenvalue weighted by Gasteiger charge is -2.08. The second-order valence-corrected chi connectivity index (χ2v) is 7.19. The molecule has 7 heteroatoms. The molecule has 0 aliphatic carbocycles. The van der Waals surface area contributed by atoms with Gasteiger partial charge in [-0.15, -0.1) is 0 Å². The maximum Gasteiger partial charge on any atom is 0.238 e. The second kappa shape index (κ2) is 6.06. The molecule has 0 saturated heterocycles. The molecule has 1 heterocycles. The Morgan fingerprint density at radius 3 is 2.58 bits per heavy atom. The van der Waals surface area contributed by atoms with Crippen molar-refractivity contribution >= 4 is 50.0 Å². The third-order valence-corrected chi connectivity index (χ3v) is 4.51. The third-order valence-electron chi connectivity index (χ3n) is 2.29. The zero-order chi connectivity index (χ0) is 13.9. The molecular formula is C12H10ClIN2O2S. The van der Waals surface area contributed by atoms with Gasteiger partial charge in [0, 0.05) is 14.8 Å². The van der Waals surface area contributed by atoms with Crippen LogP contribution in [-0.2, 0) is 15.8 Å². The molecular weight excluding hydrogens is 399 g/mol.